The Morgan fingerprint density at radius 1 is 1.35 bits per heavy atom. The normalized spacial score (nSPS) is 19.7. The maximum Gasteiger partial charge on any atom is 0.417 e. The van der Waals surface area contributed by atoms with Crippen LogP contribution < -0.4 is 5.32 Å². The van der Waals surface area contributed by atoms with Gasteiger partial charge in [0.25, 0.3) is 0 Å². The van der Waals surface area contributed by atoms with E-state index in [9.17, 15) is 18.0 Å². The second-order valence-electron chi connectivity index (χ2n) is 5.14. The predicted molar refractivity (Wildman–Crippen MR) is 79.5 cm³/mol. The van der Waals surface area contributed by atoms with Crippen molar-refractivity contribution in [3.05, 3.63) is 22.8 Å². The molecule has 1 atom stereocenters. The van der Waals surface area contributed by atoms with Gasteiger partial charge in [0.1, 0.15) is 0 Å². The molecule has 5 nitrogen and oxygen atoms in total. The number of rotatable bonds is 2. The molecule has 1 saturated heterocycles. The number of aromatic nitrogens is 3. The zero-order valence-corrected chi connectivity index (χ0v) is 13.3. The first-order valence-corrected chi connectivity index (χ1v) is 8.18. The number of pyridine rings is 1. The first-order valence-electron chi connectivity index (χ1n) is 6.92. The predicted octanol–water partition coefficient (Wildman–Crippen LogP) is 3.16. The van der Waals surface area contributed by atoms with E-state index in [0.717, 1.165) is 36.9 Å². The van der Waals surface area contributed by atoms with Crippen LogP contribution in [0.5, 0.6) is 0 Å². The Morgan fingerprint density at radius 2 is 2.13 bits per heavy atom. The summed E-state index contributed by atoms with van der Waals surface area (Å²) in [4.78, 5) is 12.0. The van der Waals surface area contributed by atoms with Crippen molar-refractivity contribution in [3.63, 3.8) is 0 Å². The molecule has 2 aromatic rings. The van der Waals surface area contributed by atoms with E-state index in [0.29, 0.717) is 13.0 Å². The number of hydrogen-bond donors (Lipinski definition) is 1. The quantitative estimate of drug-likeness (QED) is 0.889. The summed E-state index contributed by atoms with van der Waals surface area (Å²) >= 11 is 6.97. The van der Waals surface area contributed by atoms with Gasteiger partial charge in [0.2, 0.25) is 5.91 Å². The third kappa shape index (κ3) is 3.40. The SMILES string of the molecule is O=C1NCCCCC1Sc1nnc2c(Cl)cc(C(F)(F)F)cn12. The van der Waals surface area contributed by atoms with Gasteiger partial charge in [-0.3, -0.25) is 9.20 Å². The first kappa shape index (κ1) is 16.4. The maximum atomic E-state index is 12.9. The third-order valence-electron chi connectivity index (χ3n) is 3.49. The fourth-order valence-corrected chi connectivity index (χ4v) is 3.64. The number of carbonyl (C=O) groups excluding carboxylic acids is 1. The molecule has 1 aliphatic rings. The standard InChI is InChI=1S/C13H12ClF3N4OS/c14-8-5-7(13(15,16)17)6-21-10(8)19-20-12(21)23-9-3-1-2-4-18-11(9)22/h5-6,9H,1-4H2,(H,18,22). The molecule has 1 unspecified atom stereocenters. The van der Waals surface area contributed by atoms with Crippen molar-refractivity contribution in [1.29, 1.82) is 0 Å². The van der Waals surface area contributed by atoms with Gasteiger partial charge in [0, 0.05) is 12.7 Å². The topological polar surface area (TPSA) is 59.3 Å². The Kier molecular flexibility index (Phi) is 4.41. The molecule has 23 heavy (non-hydrogen) atoms. The molecular formula is C13H12ClF3N4OS. The van der Waals surface area contributed by atoms with Gasteiger partial charge in [0.05, 0.1) is 15.8 Å². The maximum absolute atomic E-state index is 12.9. The van der Waals surface area contributed by atoms with Gasteiger partial charge in [-0.1, -0.05) is 29.8 Å². The molecule has 124 valence electrons. The lowest BCUT2D eigenvalue weighted by Crippen LogP contribution is -2.30. The largest absolute Gasteiger partial charge is 0.417 e. The lowest BCUT2D eigenvalue weighted by Gasteiger charge is -2.12. The van der Waals surface area contributed by atoms with Crippen molar-refractivity contribution in [2.24, 2.45) is 0 Å². The molecule has 0 aromatic carbocycles. The number of nitrogens with zero attached hydrogens (tertiary/aromatic N) is 3. The number of halogens is 4. The zero-order chi connectivity index (χ0) is 16.6. The highest BCUT2D eigenvalue weighted by Gasteiger charge is 2.33. The van der Waals surface area contributed by atoms with Crippen LogP contribution in [0.2, 0.25) is 5.02 Å². The lowest BCUT2D eigenvalue weighted by molar-refractivity contribution is -0.137. The zero-order valence-electron chi connectivity index (χ0n) is 11.7. The van der Waals surface area contributed by atoms with Crippen LogP contribution in [-0.2, 0) is 11.0 Å². The van der Waals surface area contributed by atoms with E-state index in [4.69, 9.17) is 11.6 Å². The number of hydrogen-bond acceptors (Lipinski definition) is 4. The molecule has 0 bridgehead atoms. The molecule has 1 N–H and O–H groups in total. The summed E-state index contributed by atoms with van der Waals surface area (Å²) in [5, 5.41) is 10.2. The molecular weight excluding hydrogens is 353 g/mol. The highest BCUT2D eigenvalue weighted by Crippen LogP contribution is 2.34. The highest BCUT2D eigenvalue weighted by molar-refractivity contribution is 8.00. The molecule has 1 aliphatic heterocycles. The number of amides is 1. The molecule has 2 aromatic heterocycles. The van der Waals surface area contributed by atoms with Gasteiger partial charge in [-0.15, -0.1) is 10.2 Å². The molecule has 0 saturated carbocycles. The average Bonchev–Trinajstić information content (AvgIpc) is 2.77. The summed E-state index contributed by atoms with van der Waals surface area (Å²) in [6, 6.07) is 0.818. The molecule has 0 spiro atoms. The summed E-state index contributed by atoms with van der Waals surface area (Å²) in [7, 11) is 0. The first-order chi connectivity index (χ1) is 10.9. The molecule has 3 rings (SSSR count). The van der Waals surface area contributed by atoms with Gasteiger partial charge in [-0.25, -0.2) is 0 Å². The third-order valence-corrected chi connectivity index (χ3v) is 4.99. The van der Waals surface area contributed by atoms with Gasteiger partial charge in [0.15, 0.2) is 10.8 Å². The summed E-state index contributed by atoms with van der Waals surface area (Å²) in [6.07, 6.45) is -1.24. The summed E-state index contributed by atoms with van der Waals surface area (Å²) in [6.45, 7) is 0.612. The summed E-state index contributed by atoms with van der Waals surface area (Å²) in [5.74, 6) is -0.137. The fraction of sp³-hybridized carbons (Fsp3) is 0.462. The molecule has 0 aliphatic carbocycles. The smallest absolute Gasteiger partial charge is 0.355 e. The van der Waals surface area contributed by atoms with E-state index < -0.39 is 17.0 Å². The minimum atomic E-state index is -4.52. The molecule has 1 amide bonds. The van der Waals surface area contributed by atoms with Crippen molar-refractivity contribution in [1.82, 2.24) is 19.9 Å². The average molecular weight is 365 g/mol. The van der Waals surface area contributed by atoms with Crippen molar-refractivity contribution < 1.29 is 18.0 Å². The Bertz CT molecular complexity index is 749. The number of carbonyl (C=O) groups is 1. The number of alkyl halides is 3. The van der Waals surface area contributed by atoms with E-state index in [1.54, 1.807) is 0 Å². The van der Waals surface area contributed by atoms with Crippen molar-refractivity contribution >= 4 is 34.9 Å². The Morgan fingerprint density at radius 3 is 2.87 bits per heavy atom. The molecule has 1 fully saturated rings. The van der Waals surface area contributed by atoms with E-state index >= 15 is 0 Å². The van der Waals surface area contributed by atoms with E-state index in [1.807, 2.05) is 0 Å². The van der Waals surface area contributed by atoms with Crippen LogP contribution in [-0.4, -0.2) is 32.3 Å². The summed E-state index contributed by atoms with van der Waals surface area (Å²) in [5.41, 5.74) is -0.752. The van der Waals surface area contributed by atoms with Crippen LogP contribution in [0.1, 0.15) is 24.8 Å². The van der Waals surface area contributed by atoms with E-state index in [1.165, 1.54) is 4.40 Å². The van der Waals surface area contributed by atoms with E-state index in [-0.39, 0.29) is 21.7 Å². The number of thioether (sulfide) groups is 1. The van der Waals surface area contributed by atoms with Gasteiger partial charge < -0.3 is 5.32 Å². The van der Waals surface area contributed by atoms with Crippen LogP contribution in [0, 0.1) is 0 Å². The second kappa shape index (κ2) is 6.20. The second-order valence-corrected chi connectivity index (χ2v) is 6.72. The minimum absolute atomic E-state index is 0.135. The van der Waals surface area contributed by atoms with Crippen LogP contribution in [0.3, 0.4) is 0 Å². The van der Waals surface area contributed by atoms with Gasteiger partial charge >= 0.3 is 6.18 Å². The van der Waals surface area contributed by atoms with Crippen molar-refractivity contribution in [2.45, 2.75) is 35.8 Å². The molecule has 0 radical (unpaired) electrons. The summed E-state index contributed by atoms with van der Waals surface area (Å²) < 4.78 is 40.0. The van der Waals surface area contributed by atoms with Crippen LogP contribution in [0.25, 0.3) is 5.65 Å². The lowest BCUT2D eigenvalue weighted by atomic mass is 10.2. The van der Waals surface area contributed by atoms with Gasteiger partial charge in [-0.2, -0.15) is 13.2 Å². The highest BCUT2D eigenvalue weighted by atomic mass is 35.5. The minimum Gasteiger partial charge on any atom is -0.355 e. The number of nitrogens with one attached hydrogen (secondary N) is 1. The van der Waals surface area contributed by atoms with Crippen molar-refractivity contribution in [3.8, 4) is 0 Å². The monoisotopic (exact) mass is 364 g/mol. The van der Waals surface area contributed by atoms with E-state index in [2.05, 4.69) is 15.5 Å². The molecule has 3 heterocycles. The Labute approximate surface area is 138 Å². The molecule has 10 heteroatoms. The Balaban J connectivity index is 1.97. The van der Waals surface area contributed by atoms with Crippen LogP contribution in [0.4, 0.5) is 13.2 Å². The fourth-order valence-electron chi connectivity index (χ4n) is 2.32. The van der Waals surface area contributed by atoms with Gasteiger partial charge in [-0.05, 0) is 18.9 Å². The Hall–Kier alpha value is -1.48. The van der Waals surface area contributed by atoms with Crippen LogP contribution >= 0.6 is 23.4 Å². The number of fused-ring (bicyclic) bond motifs is 1. The van der Waals surface area contributed by atoms with Crippen molar-refractivity contribution in [2.75, 3.05) is 6.54 Å². The van der Waals surface area contributed by atoms with Crippen LogP contribution in [0.15, 0.2) is 17.4 Å².